The lowest BCUT2D eigenvalue weighted by atomic mass is 10.3. The molecule has 0 amide bonds. The first-order chi connectivity index (χ1) is 10.0. The molecule has 0 fully saturated rings. The number of aromatic nitrogens is 4. The maximum atomic E-state index is 13.3. The zero-order valence-corrected chi connectivity index (χ0v) is 10.8. The smallest absolute Gasteiger partial charge is 0.311 e. The number of halogens is 2. The van der Waals surface area contributed by atoms with E-state index in [-0.39, 0.29) is 28.1 Å². The highest BCUT2D eigenvalue weighted by Crippen LogP contribution is 2.33. The molecule has 0 atom stereocenters. The number of H-pyrrole nitrogens is 1. The number of hydrogen-bond donors (Lipinski definition) is 1. The maximum Gasteiger partial charge on any atom is 0.311 e. The normalized spacial score (nSPS) is 10.8. The SMILES string of the molecule is O=[N+]([O-])c1ccc(F)cc1Oc1nc(Cl)nc2nc[nH]c12. The number of nitrogens with one attached hydrogen (secondary N) is 1. The van der Waals surface area contributed by atoms with Crippen molar-refractivity contribution in [1.82, 2.24) is 19.9 Å². The molecule has 3 rings (SSSR count). The second-order valence-corrected chi connectivity index (χ2v) is 4.21. The summed E-state index contributed by atoms with van der Waals surface area (Å²) < 4.78 is 18.6. The molecule has 1 N–H and O–H groups in total. The standard InChI is InChI=1S/C11H5ClFN5O3/c12-11-16-9-8(14-4-15-9)10(17-11)21-7-3-5(13)1-2-6(7)18(19)20/h1-4H,(H,14,15,16,17). The Balaban J connectivity index is 2.12. The van der Waals surface area contributed by atoms with Gasteiger partial charge in [-0.25, -0.2) is 9.37 Å². The molecule has 21 heavy (non-hydrogen) atoms. The number of fused-ring (bicyclic) bond motifs is 1. The van der Waals surface area contributed by atoms with E-state index in [0.717, 1.165) is 18.2 Å². The van der Waals surface area contributed by atoms with Crippen LogP contribution >= 0.6 is 11.6 Å². The van der Waals surface area contributed by atoms with E-state index in [1.165, 1.54) is 6.33 Å². The lowest BCUT2D eigenvalue weighted by Crippen LogP contribution is -1.97. The predicted octanol–water partition coefficient (Wildman–Crippen LogP) is 2.85. The van der Waals surface area contributed by atoms with Gasteiger partial charge >= 0.3 is 5.69 Å². The third kappa shape index (κ3) is 2.46. The van der Waals surface area contributed by atoms with Gasteiger partial charge < -0.3 is 9.72 Å². The van der Waals surface area contributed by atoms with Gasteiger partial charge in [-0.05, 0) is 17.7 Å². The average Bonchev–Trinajstić information content (AvgIpc) is 2.86. The Labute approximate surface area is 120 Å². The molecule has 8 nitrogen and oxygen atoms in total. The summed E-state index contributed by atoms with van der Waals surface area (Å²) in [6.07, 6.45) is 1.34. The van der Waals surface area contributed by atoms with Gasteiger partial charge in [-0.15, -0.1) is 0 Å². The van der Waals surface area contributed by atoms with Crippen molar-refractivity contribution in [3.63, 3.8) is 0 Å². The van der Waals surface area contributed by atoms with Gasteiger partial charge in [0.25, 0.3) is 0 Å². The summed E-state index contributed by atoms with van der Waals surface area (Å²) in [7, 11) is 0. The second kappa shape index (κ2) is 4.94. The zero-order valence-electron chi connectivity index (χ0n) is 10.1. The van der Waals surface area contributed by atoms with Gasteiger partial charge in [0, 0.05) is 12.1 Å². The van der Waals surface area contributed by atoms with E-state index in [2.05, 4.69) is 19.9 Å². The number of hydrogen-bond acceptors (Lipinski definition) is 6. The lowest BCUT2D eigenvalue weighted by molar-refractivity contribution is -0.385. The Morgan fingerprint density at radius 2 is 2.19 bits per heavy atom. The first-order valence-corrected chi connectivity index (χ1v) is 5.91. The van der Waals surface area contributed by atoms with Gasteiger partial charge in [0.15, 0.2) is 5.65 Å². The number of nitro groups is 1. The number of benzene rings is 1. The molecule has 3 aromatic rings. The summed E-state index contributed by atoms with van der Waals surface area (Å²) in [5, 5.41) is 10.8. The van der Waals surface area contributed by atoms with Crippen LogP contribution in [0.3, 0.4) is 0 Å². The minimum absolute atomic E-state index is 0.0869. The van der Waals surface area contributed by atoms with Crippen LogP contribution in [0.25, 0.3) is 11.2 Å². The van der Waals surface area contributed by atoms with Crippen molar-refractivity contribution in [1.29, 1.82) is 0 Å². The fourth-order valence-electron chi connectivity index (χ4n) is 1.68. The first kappa shape index (κ1) is 13.2. The maximum absolute atomic E-state index is 13.3. The quantitative estimate of drug-likeness (QED) is 0.453. The molecule has 1 aromatic carbocycles. The van der Waals surface area contributed by atoms with E-state index in [0.29, 0.717) is 0 Å². The van der Waals surface area contributed by atoms with E-state index >= 15 is 0 Å². The van der Waals surface area contributed by atoms with Crippen LogP contribution in [0.1, 0.15) is 0 Å². The molecule has 2 aromatic heterocycles. The van der Waals surface area contributed by atoms with E-state index in [9.17, 15) is 14.5 Å². The fourth-order valence-corrected chi connectivity index (χ4v) is 1.84. The Kier molecular flexibility index (Phi) is 3.10. The van der Waals surface area contributed by atoms with Gasteiger partial charge in [-0.2, -0.15) is 9.97 Å². The van der Waals surface area contributed by atoms with Crippen LogP contribution in [0.4, 0.5) is 10.1 Å². The third-order valence-electron chi connectivity index (χ3n) is 2.55. The molecule has 106 valence electrons. The second-order valence-electron chi connectivity index (χ2n) is 3.87. The molecular formula is C11H5ClFN5O3. The molecule has 0 radical (unpaired) electrons. The van der Waals surface area contributed by atoms with Crippen LogP contribution in [0.2, 0.25) is 5.28 Å². The van der Waals surface area contributed by atoms with Crippen LogP contribution in [0, 0.1) is 15.9 Å². The molecule has 0 aliphatic rings. The van der Waals surface area contributed by atoms with Crippen LogP contribution in [-0.2, 0) is 0 Å². The van der Waals surface area contributed by atoms with Gasteiger partial charge in [0.1, 0.15) is 11.3 Å². The van der Waals surface area contributed by atoms with Crippen LogP contribution in [0.5, 0.6) is 11.6 Å². The molecule has 0 aliphatic carbocycles. The number of imidazole rings is 1. The Hall–Kier alpha value is -2.81. The first-order valence-electron chi connectivity index (χ1n) is 5.53. The molecule has 10 heteroatoms. The number of nitrogens with zero attached hydrogens (tertiary/aromatic N) is 4. The molecular weight excluding hydrogens is 305 g/mol. The Bertz CT molecular complexity index is 853. The average molecular weight is 310 g/mol. The van der Waals surface area contributed by atoms with Crippen molar-refractivity contribution in [2.24, 2.45) is 0 Å². The summed E-state index contributed by atoms with van der Waals surface area (Å²) in [6, 6.07) is 2.84. The van der Waals surface area contributed by atoms with Crippen LogP contribution < -0.4 is 4.74 Å². The van der Waals surface area contributed by atoms with Crippen molar-refractivity contribution < 1.29 is 14.1 Å². The van der Waals surface area contributed by atoms with Crippen LogP contribution in [-0.4, -0.2) is 24.9 Å². The van der Waals surface area contributed by atoms with Gasteiger partial charge in [0.2, 0.25) is 16.9 Å². The van der Waals surface area contributed by atoms with E-state index in [1.807, 2.05) is 0 Å². The monoisotopic (exact) mass is 309 g/mol. The molecule has 0 saturated carbocycles. The van der Waals surface area contributed by atoms with Crippen molar-refractivity contribution >= 4 is 28.5 Å². The third-order valence-corrected chi connectivity index (χ3v) is 2.72. The van der Waals surface area contributed by atoms with E-state index in [1.54, 1.807) is 0 Å². The predicted molar refractivity (Wildman–Crippen MR) is 69.8 cm³/mol. The molecule has 0 saturated heterocycles. The number of ether oxygens (including phenoxy) is 1. The van der Waals surface area contributed by atoms with Crippen molar-refractivity contribution in [3.05, 3.63) is 45.7 Å². The van der Waals surface area contributed by atoms with E-state index < -0.39 is 16.4 Å². The summed E-state index contributed by atoms with van der Waals surface area (Å²) >= 11 is 5.72. The summed E-state index contributed by atoms with van der Waals surface area (Å²) in [5.41, 5.74) is 0.112. The van der Waals surface area contributed by atoms with Gasteiger partial charge in [-0.3, -0.25) is 10.1 Å². The Morgan fingerprint density at radius 1 is 1.38 bits per heavy atom. The molecule has 0 unspecified atom stereocenters. The van der Waals surface area contributed by atoms with Crippen LogP contribution in [0.15, 0.2) is 24.5 Å². The highest BCUT2D eigenvalue weighted by molar-refractivity contribution is 6.28. The van der Waals surface area contributed by atoms with Gasteiger partial charge in [-0.1, -0.05) is 0 Å². The number of nitro benzene ring substituents is 1. The molecule has 0 bridgehead atoms. The minimum atomic E-state index is -0.693. The topological polar surface area (TPSA) is 107 Å². The van der Waals surface area contributed by atoms with Gasteiger partial charge in [0.05, 0.1) is 11.3 Å². The number of rotatable bonds is 3. The Morgan fingerprint density at radius 3 is 2.95 bits per heavy atom. The van der Waals surface area contributed by atoms with Crippen molar-refractivity contribution in [2.45, 2.75) is 0 Å². The molecule has 0 spiro atoms. The zero-order chi connectivity index (χ0) is 15.0. The largest absolute Gasteiger partial charge is 0.429 e. The highest BCUT2D eigenvalue weighted by Gasteiger charge is 2.19. The summed E-state index contributed by atoms with van der Waals surface area (Å²) in [5.74, 6) is -1.07. The van der Waals surface area contributed by atoms with Crippen molar-refractivity contribution in [2.75, 3.05) is 0 Å². The molecule has 0 aliphatic heterocycles. The number of aromatic amines is 1. The molecule has 2 heterocycles. The minimum Gasteiger partial charge on any atom is -0.429 e. The summed E-state index contributed by atoms with van der Waals surface area (Å²) in [6.45, 7) is 0. The highest BCUT2D eigenvalue weighted by atomic mass is 35.5. The fraction of sp³-hybridized carbons (Fsp3) is 0. The lowest BCUT2D eigenvalue weighted by Gasteiger charge is -2.06. The van der Waals surface area contributed by atoms with E-state index in [4.69, 9.17) is 16.3 Å². The van der Waals surface area contributed by atoms with Crippen molar-refractivity contribution in [3.8, 4) is 11.6 Å². The summed E-state index contributed by atoms with van der Waals surface area (Å²) in [4.78, 5) is 24.5.